The van der Waals surface area contributed by atoms with Gasteiger partial charge in [-0.25, -0.2) is 17.2 Å². The number of benzene rings is 1. The zero-order chi connectivity index (χ0) is 15.0. The van der Waals surface area contributed by atoms with Crippen LogP contribution >= 0.6 is 0 Å². The smallest absolute Gasteiger partial charge is 0.249 e. The van der Waals surface area contributed by atoms with Crippen molar-refractivity contribution >= 4 is 10.0 Å². The van der Waals surface area contributed by atoms with Gasteiger partial charge >= 0.3 is 0 Å². The summed E-state index contributed by atoms with van der Waals surface area (Å²) in [6.07, 6.45) is 3.35. The van der Waals surface area contributed by atoms with Gasteiger partial charge in [0.25, 0.3) is 0 Å². The SMILES string of the molecule is O=S(=O)(c1c(F)cccc1F)N1CCCC1C1CCCN1. The quantitative estimate of drug-likeness (QED) is 0.926. The van der Waals surface area contributed by atoms with E-state index in [9.17, 15) is 17.2 Å². The van der Waals surface area contributed by atoms with Gasteiger partial charge in [-0.15, -0.1) is 0 Å². The van der Waals surface area contributed by atoms with Gasteiger partial charge in [0.05, 0.1) is 0 Å². The highest BCUT2D eigenvalue weighted by Crippen LogP contribution is 2.32. The molecule has 2 unspecified atom stereocenters. The third-order valence-corrected chi connectivity index (χ3v) is 6.27. The topological polar surface area (TPSA) is 49.4 Å². The average Bonchev–Trinajstić information content (AvgIpc) is 3.09. The highest BCUT2D eigenvalue weighted by Gasteiger charge is 2.42. The minimum absolute atomic E-state index is 0.0807. The van der Waals surface area contributed by atoms with Crippen LogP contribution in [0.4, 0.5) is 8.78 Å². The molecule has 1 aromatic carbocycles. The predicted molar refractivity (Wildman–Crippen MR) is 74.3 cm³/mol. The lowest BCUT2D eigenvalue weighted by atomic mass is 10.1. The van der Waals surface area contributed by atoms with Gasteiger partial charge in [0.1, 0.15) is 11.6 Å². The molecule has 21 heavy (non-hydrogen) atoms. The van der Waals surface area contributed by atoms with E-state index in [1.54, 1.807) is 0 Å². The number of nitrogens with zero attached hydrogens (tertiary/aromatic N) is 1. The molecule has 0 amide bonds. The van der Waals surface area contributed by atoms with Gasteiger partial charge < -0.3 is 5.32 Å². The Labute approximate surface area is 123 Å². The van der Waals surface area contributed by atoms with E-state index in [4.69, 9.17) is 0 Å². The third kappa shape index (κ3) is 2.58. The van der Waals surface area contributed by atoms with Crippen molar-refractivity contribution in [1.29, 1.82) is 0 Å². The molecule has 116 valence electrons. The van der Waals surface area contributed by atoms with Gasteiger partial charge in [-0.3, -0.25) is 0 Å². The van der Waals surface area contributed by atoms with Crippen molar-refractivity contribution in [2.75, 3.05) is 13.1 Å². The Balaban J connectivity index is 1.97. The fourth-order valence-corrected chi connectivity index (χ4v) is 5.19. The maximum atomic E-state index is 13.8. The molecule has 1 aromatic rings. The molecule has 2 heterocycles. The fraction of sp³-hybridized carbons (Fsp3) is 0.571. The van der Waals surface area contributed by atoms with Crippen molar-refractivity contribution < 1.29 is 17.2 Å². The maximum absolute atomic E-state index is 13.8. The summed E-state index contributed by atoms with van der Waals surface area (Å²) in [6.45, 7) is 1.18. The van der Waals surface area contributed by atoms with E-state index in [2.05, 4.69) is 5.32 Å². The molecule has 0 spiro atoms. The van der Waals surface area contributed by atoms with Gasteiger partial charge in [0.15, 0.2) is 4.90 Å². The molecule has 2 fully saturated rings. The Morgan fingerprint density at radius 2 is 1.86 bits per heavy atom. The minimum atomic E-state index is -4.14. The van der Waals surface area contributed by atoms with Crippen molar-refractivity contribution in [2.45, 2.75) is 42.7 Å². The van der Waals surface area contributed by atoms with Crippen molar-refractivity contribution in [1.82, 2.24) is 9.62 Å². The summed E-state index contributed by atoms with van der Waals surface area (Å²) in [5.41, 5.74) is 0. The lowest BCUT2D eigenvalue weighted by Gasteiger charge is -2.29. The molecule has 0 radical (unpaired) electrons. The van der Waals surface area contributed by atoms with Crippen LogP contribution in [-0.2, 0) is 10.0 Å². The van der Waals surface area contributed by atoms with Crippen LogP contribution in [0.15, 0.2) is 23.1 Å². The van der Waals surface area contributed by atoms with E-state index in [0.717, 1.165) is 44.4 Å². The summed E-state index contributed by atoms with van der Waals surface area (Å²) in [4.78, 5) is -0.824. The highest BCUT2D eigenvalue weighted by molar-refractivity contribution is 7.89. The van der Waals surface area contributed by atoms with E-state index < -0.39 is 26.6 Å². The van der Waals surface area contributed by atoms with Crippen LogP contribution in [0.5, 0.6) is 0 Å². The lowest BCUT2D eigenvalue weighted by molar-refractivity contribution is 0.319. The number of hydrogen-bond acceptors (Lipinski definition) is 3. The molecule has 2 aliphatic heterocycles. The molecule has 1 N–H and O–H groups in total. The van der Waals surface area contributed by atoms with Crippen LogP contribution in [-0.4, -0.2) is 37.9 Å². The molecule has 2 saturated heterocycles. The van der Waals surface area contributed by atoms with E-state index in [0.29, 0.717) is 6.54 Å². The van der Waals surface area contributed by atoms with E-state index in [-0.39, 0.29) is 12.1 Å². The number of nitrogens with one attached hydrogen (secondary N) is 1. The first-order chi connectivity index (χ1) is 10.0. The summed E-state index contributed by atoms with van der Waals surface area (Å²) in [7, 11) is -4.14. The minimum Gasteiger partial charge on any atom is -0.312 e. The van der Waals surface area contributed by atoms with Gasteiger partial charge in [-0.1, -0.05) is 6.07 Å². The summed E-state index contributed by atoms with van der Waals surface area (Å²) in [6, 6.07) is 3.00. The van der Waals surface area contributed by atoms with Gasteiger partial charge in [-0.05, 0) is 44.4 Å². The molecular formula is C14H18F2N2O2S. The average molecular weight is 316 g/mol. The Morgan fingerprint density at radius 3 is 2.48 bits per heavy atom. The van der Waals surface area contributed by atoms with Crippen LogP contribution in [0.3, 0.4) is 0 Å². The standard InChI is InChI=1S/C14H18F2N2O2S/c15-10-4-1-5-11(16)14(10)21(19,20)18-9-3-7-13(18)12-6-2-8-17-12/h1,4-5,12-13,17H,2-3,6-9H2. The molecule has 2 aliphatic rings. The summed E-state index contributed by atoms with van der Waals surface area (Å²) in [5.74, 6) is -2.06. The van der Waals surface area contributed by atoms with Gasteiger partial charge in [-0.2, -0.15) is 4.31 Å². The van der Waals surface area contributed by atoms with E-state index in [1.807, 2.05) is 0 Å². The largest absolute Gasteiger partial charge is 0.312 e. The molecule has 2 atom stereocenters. The zero-order valence-corrected chi connectivity index (χ0v) is 12.4. The normalized spacial score (nSPS) is 27.3. The molecule has 0 saturated carbocycles. The Bertz CT molecular complexity index is 610. The Morgan fingerprint density at radius 1 is 1.14 bits per heavy atom. The van der Waals surface area contributed by atoms with Crippen molar-refractivity contribution in [3.05, 3.63) is 29.8 Å². The van der Waals surface area contributed by atoms with Crippen LogP contribution < -0.4 is 5.32 Å². The van der Waals surface area contributed by atoms with Crippen molar-refractivity contribution in [2.24, 2.45) is 0 Å². The third-order valence-electron chi connectivity index (χ3n) is 4.30. The zero-order valence-electron chi connectivity index (χ0n) is 11.6. The molecule has 0 aliphatic carbocycles. The van der Waals surface area contributed by atoms with Crippen molar-refractivity contribution in [3.8, 4) is 0 Å². The van der Waals surface area contributed by atoms with Crippen LogP contribution in [0.1, 0.15) is 25.7 Å². The monoisotopic (exact) mass is 316 g/mol. The van der Waals surface area contributed by atoms with Gasteiger partial charge in [0.2, 0.25) is 10.0 Å². The lowest BCUT2D eigenvalue weighted by Crippen LogP contribution is -2.46. The summed E-state index contributed by atoms with van der Waals surface area (Å²) >= 11 is 0. The van der Waals surface area contributed by atoms with Gasteiger partial charge in [0, 0.05) is 18.6 Å². The fourth-order valence-electron chi connectivity index (χ4n) is 3.35. The predicted octanol–water partition coefficient (Wildman–Crippen LogP) is 1.87. The molecule has 4 nitrogen and oxygen atoms in total. The highest BCUT2D eigenvalue weighted by atomic mass is 32.2. The maximum Gasteiger partial charge on any atom is 0.249 e. The van der Waals surface area contributed by atoms with Crippen LogP contribution in [0.25, 0.3) is 0 Å². The number of rotatable bonds is 3. The Hall–Kier alpha value is -1.05. The Kier molecular flexibility index (Phi) is 3.98. The van der Waals surface area contributed by atoms with E-state index in [1.165, 1.54) is 10.4 Å². The summed E-state index contributed by atoms with van der Waals surface area (Å²) < 4.78 is 54.3. The van der Waals surface area contributed by atoms with Crippen molar-refractivity contribution in [3.63, 3.8) is 0 Å². The van der Waals surface area contributed by atoms with Crippen LogP contribution in [0.2, 0.25) is 0 Å². The first-order valence-electron chi connectivity index (χ1n) is 7.21. The number of halogens is 2. The van der Waals surface area contributed by atoms with Crippen LogP contribution in [0, 0.1) is 11.6 Å². The molecule has 0 aromatic heterocycles. The number of sulfonamides is 1. The second-order valence-electron chi connectivity index (χ2n) is 5.58. The molecular weight excluding hydrogens is 298 g/mol. The summed E-state index contributed by atoms with van der Waals surface area (Å²) in [5, 5.41) is 3.29. The second-order valence-corrected chi connectivity index (χ2v) is 7.41. The first kappa shape index (κ1) is 14.9. The number of hydrogen-bond donors (Lipinski definition) is 1. The van der Waals surface area contributed by atoms with E-state index >= 15 is 0 Å². The molecule has 0 bridgehead atoms. The molecule has 3 rings (SSSR count). The molecule has 7 heteroatoms. The first-order valence-corrected chi connectivity index (χ1v) is 8.65. The second kappa shape index (κ2) is 5.62.